The normalized spacial score (nSPS) is 14.3. The summed E-state index contributed by atoms with van der Waals surface area (Å²) in [6, 6.07) is 0. The zero-order valence-electron chi connectivity index (χ0n) is 13.1. The first-order valence-electron chi connectivity index (χ1n) is 7.27. The summed E-state index contributed by atoms with van der Waals surface area (Å²) in [6.45, 7) is 10.4. The van der Waals surface area contributed by atoms with Gasteiger partial charge in [0.05, 0.1) is 16.8 Å². The highest BCUT2D eigenvalue weighted by atomic mass is 32.1. The highest BCUT2D eigenvalue weighted by molar-refractivity contribution is 7.13. The van der Waals surface area contributed by atoms with Crippen LogP contribution in [0.25, 0.3) is 0 Å². The molecule has 0 aromatic carbocycles. The number of carbonyl (C=O) groups excluding carboxylic acids is 1. The molecule has 114 valence electrons. The van der Waals surface area contributed by atoms with Crippen molar-refractivity contribution < 1.29 is 9.90 Å². The van der Waals surface area contributed by atoms with Crippen LogP contribution in [0.3, 0.4) is 0 Å². The summed E-state index contributed by atoms with van der Waals surface area (Å²) < 4.78 is 0. The third kappa shape index (κ3) is 4.87. The number of aliphatic hydroxyl groups is 1. The van der Waals surface area contributed by atoms with Crippen LogP contribution in [0.4, 0.5) is 0 Å². The van der Waals surface area contributed by atoms with Gasteiger partial charge in [-0.05, 0) is 18.8 Å². The Morgan fingerprint density at radius 1 is 1.40 bits per heavy atom. The van der Waals surface area contributed by atoms with Gasteiger partial charge in [0, 0.05) is 13.0 Å². The molecule has 5 heteroatoms. The van der Waals surface area contributed by atoms with Crippen LogP contribution in [-0.4, -0.2) is 28.6 Å². The second-order valence-corrected chi connectivity index (χ2v) is 6.87. The van der Waals surface area contributed by atoms with Crippen LogP contribution in [0.5, 0.6) is 0 Å². The van der Waals surface area contributed by atoms with Crippen LogP contribution in [0.1, 0.15) is 54.5 Å². The molecule has 0 aliphatic rings. The van der Waals surface area contributed by atoms with E-state index in [0.717, 1.165) is 23.5 Å². The second kappa shape index (κ2) is 7.74. The zero-order valence-corrected chi connectivity index (χ0v) is 13.9. The van der Waals surface area contributed by atoms with Crippen molar-refractivity contribution in [1.29, 1.82) is 0 Å². The van der Waals surface area contributed by atoms with Crippen molar-refractivity contribution in [1.82, 2.24) is 10.3 Å². The van der Waals surface area contributed by atoms with E-state index in [9.17, 15) is 9.90 Å². The monoisotopic (exact) mass is 298 g/mol. The quantitative estimate of drug-likeness (QED) is 0.813. The van der Waals surface area contributed by atoms with Crippen LogP contribution in [-0.2, 0) is 6.42 Å². The number of hydrogen-bond acceptors (Lipinski definition) is 4. The lowest BCUT2D eigenvalue weighted by atomic mass is 10.0. The van der Waals surface area contributed by atoms with Crippen LogP contribution in [0.2, 0.25) is 0 Å². The maximum Gasteiger partial charge on any atom is 0.263 e. The Morgan fingerprint density at radius 2 is 2.05 bits per heavy atom. The summed E-state index contributed by atoms with van der Waals surface area (Å²) in [7, 11) is 0. The Labute approximate surface area is 125 Å². The minimum absolute atomic E-state index is 0.127. The molecule has 0 spiro atoms. The average Bonchev–Trinajstić information content (AvgIpc) is 2.74. The molecule has 2 N–H and O–H groups in total. The molecule has 4 nitrogen and oxygen atoms in total. The number of nitrogens with one attached hydrogen (secondary N) is 1. The van der Waals surface area contributed by atoms with Crippen LogP contribution in [0, 0.1) is 18.8 Å². The third-order valence-electron chi connectivity index (χ3n) is 3.40. The first kappa shape index (κ1) is 17.1. The summed E-state index contributed by atoms with van der Waals surface area (Å²) in [5.74, 6) is 0.593. The summed E-state index contributed by atoms with van der Waals surface area (Å²) >= 11 is 1.46. The van der Waals surface area contributed by atoms with Gasteiger partial charge in [-0.15, -0.1) is 11.3 Å². The molecule has 1 aromatic heterocycles. The first-order valence-corrected chi connectivity index (χ1v) is 8.09. The smallest absolute Gasteiger partial charge is 0.263 e. The minimum atomic E-state index is -0.493. The van der Waals surface area contributed by atoms with Gasteiger partial charge < -0.3 is 10.4 Å². The summed E-state index contributed by atoms with van der Waals surface area (Å²) in [5.41, 5.74) is 0.779. The fourth-order valence-electron chi connectivity index (χ4n) is 1.85. The van der Waals surface area contributed by atoms with Crippen LogP contribution < -0.4 is 5.32 Å². The number of hydrogen-bond donors (Lipinski definition) is 2. The van der Waals surface area contributed by atoms with Crippen molar-refractivity contribution in [2.75, 3.05) is 6.54 Å². The van der Waals surface area contributed by atoms with Crippen LogP contribution >= 0.6 is 11.3 Å². The summed E-state index contributed by atoms with van der Waals surface area (Å²) in [6.07, 6.45) is 1.30. The summed E-state index contributed by atoms with van der Waals surface area (Å²) in [5, 5.41) is 13.7. The average molecular weight is 298 g/mol. The molecule has 0 saturated heterocycles. The van der Waals surface area contributed by atoms with E-state index in [-0.39, 0.29) is 11.8 Å². The van der Waals surface area contributed by atoms with Crippen molar-refractivity contribution in [3.05, 3.63) is 15.6 Å². The van der Waals surface area contributed by atoms with Gasteiger partial charge in [0.25, 0.3) is 5.91 Å². The molecule has 20 heavy (non-hydrogen) atoms. The summed E-state index contributed by atoms with van der Waals surface area (Å²) in [4.78, 5) is 17.2. The molecule has 0 radical (unpaired) electrons. The molecule has 0 bridgehead atoms. The Balaban J connectivity index is 2.61. The van der Waals surface area contributed by atoms with Gasteiger partial charge in [0.15, 0.2) is 0 Å². The standard InChI is InChI=1S/C15H26N2O2S/c1-6-10(4)12(18)8-16-15(19)14-11(5)17-13(20-14)7-9(2)3/h9-10,12,18H,6-8H2,1-5H3,(H,16,19). The van der Waals surface area contributed by atoms with E-state index in [1.54, 1.807) is 0 Å². The fraction of sp³-hybridized carbons (Fsp3) is 0.733. The van der Waals surface area contributed by atoms with Gasteiger partial charge in [0.1, 0.15) is 4.88 Å². The number of carbonyl (C=O) groups is 1. The molecule has 1 rings (SSSR count). The largest absolute Gasteiger partial charge is 0.391 e. The molecule has 2 atom stereocenters. The predicted molar refractivity (Wildman–Crippen MR) is 83.2 cm³/mol. The zero-order chi connectivity index (χ0) is 15.3. The fourth-order valence-corrected chi connectivity index (χ4v) is 3.04. The number of nitrogens with zero attached hydrogens (tertiary/aromatic N) is 1. The SMILES string of the molecule is CCC(C)C(O)CNC(=O)c1sc(CC(C)C)nc1C. The van der Waals surface area contributed by atoms with Gasteiger partial charge in [-0.25, -0.2) is 4.98 Å². The highest BCUT2D eigenvalue weighted by Crippen LogP contribution is 2.20. The van der Waals surface area contributed by atoms with E-state index in [2.05, 4.69) is 24.1 Å². The van der Waals surface area contributed by atoms with Gasteiger partial charge in [-0.1, -0.05) is 34.1 Å². The Morgan fingerprint density at radius 3 is 2.60 bits per heavy atom. The van der Waals surface area contributed by atoms with Crippen molar-refractivity contribution in [3.8, 4) is 0 Å². The molecular weight excluding hydrogens is 272 g/mol. The molecular formula is C15H26N2O2S. The Hall–Kier alpha value is -0.940. The number of aromatic nitrogens is 1. The molecule has 0 saturated carbocycles. The molecule has 0 aliphatic carbocycles. The number of rotatable bonds is 7. The van der Waals surface area contributed by atoms with Gasteiger partial charge in [-0.2, -0.15) is 0 Å². The minimum Gasteiger partial charge on any atom is -0.391 e. The number of thiazole rings is 1. The third-order valence-corrected chi connectivity index (χ3v) is 4.58. The number of aliphatic hydroxyl groups excluding tert-OH is 1. The maximum absolute atomic E-state index is 12.1. The second-order valence-electron chi connectivity index (χ2n) is 5.78. The molecule has 2 unspecified atom stereocenters. The molecule has 0 fully saturated rings. The lowest BCUT2D eigenvalue weighted by Crippen LogP contribution is -2.35. The van der Waals surface area contributed by atoms with E-state index in [0.29, 0.717) is 17.3 Å². The molecule has 1 aromatic rings. The van der Waals surface area contributed by atoms with Gasteiger partial charge in [-0.3, -0.25) is 4.79 Å². The van der Waals surface area contributed by atoms with E-state index in [1.807, 2.05) is 20.8 Å². The lowest BCUT2D eigenvalue weighted by Gasteiger charge is -2.17. The van der Waals surface area contributed by atoms with Crippen molar-refractivity contribution in [2.45, 2.75) is 53.6 Å². The van der Waals surface area contributed by atoms with E-state index in [1.165, 1.54) is 11.3 Å². The van der Waals surface area contributed by atoms with Crippen molar-refractivity contribution in [3.63, 3.8) is 0 Å². The molecule has 1 amide bonds. The van der Waals surface area contributed by atoms with E-state index in [4.69, 9.17) is 0 Å². The van der Waals surface area contributed by atoms with Gasteiger partial charge in [0.2, 0.25) is 0 Å². The van der Waals surface area contributed by atoms with Crippen molar-refractivity contribution >= 4 is 17.2 Å². The maximum atomic E-state index is 12.1. The lowest BCUT2D eigenvalue weighted by molar-refractivity contribution is 0.0853. The molecule has 1 heterocycles. The number of aryl methyl sites for hydroxylation is 1. The highest BCUT2D eigenvalue weighted by Gasteiger charge is 2.18. The topological polar surface area (TPSA) is 62.2 Å². The Bertz CT molecular complexity index is 443. The van der Waals surface area contributed by atoms with Gasteiger partial charge >= 0.3 is 0 Å². The first-order chi connectivity index (χ1) is 9.35. The van der Waals surface area contributed by atoms with Crippen LogP contribution in [0.15, 0.2) is 0 Å². The predicted octanol–water partition coefficient (Wildman–Crippen LogP) is 2.79. The Kier molecular flexibility index (Phi) is 6.62. The molecule has 0 aliphatic heterocycles. The van der Waals surface area contributed by atoms with E-state index < -0.39 is 6.10 Å². The van der Waals surface area contributed by atoms with Crippen molar-refractivity contribution in [2.24, 2.45) is 11.8 Å². The number of amides is 1. The van der Waals surface area contributed by atoms with E-state index >= 15 is 0 Å².